The van der Waals surface area contributed by atoms with E-state index in [0.29, 0.717) is 28.9 Å². The topological polar surface area (TPSA) is 104 Å². The normalized spacial score (nSPS) is 20.6. The summed E-state index contributed by atoms with van der Waals surface area (Å²) in [6.45, 7) is 1.86. The number of hydrogen-bond acceptors (Lipinski definition) is 5. The Balaban J connectivity index is 1.44. The predicted octanol–water partition coefficient (Wildman–Crippen LogP) is 3.53. The van der Waals surface area contributed by atoms with Gasteiger partial charge < -0.3 is 5.32 Å². The van der Waals surface area contributed by atoms with E-state index >= 15 is 0 Å². The summed E-state index contributed by atoms with van der Waals surface area (Å²) >= 11 is 0. The molecule has 2 aliphatic heterocycles. The zero-order chi connectivity index (χ0) is 25.6. The molecule has 36 heavy (non-hydrogen) atoms. The molecule has 0 saturated carbocycles. The first-order chi connectivity index (χ1) is 17.3. The third-order valence-corrected chi connectivity index (χ3v) is 6.22. The number of imide groups is 2. The number of aryl methyl sites for hydroxylation is 1. The van der Waals surface area contributed by atoms with Crippen LogP contribution >= 0.6 is 0 Å². The average Bonchev–Trinajstić information content (AvgIpc) is 3.31. The molecule has 0 atom stereocenters. The fraction of sp³-hybridized carbons (Fsp3) is 0.107. The summed E-state index contributed by atoms with van der Waals surface area (Å²) in [5.74, 6) is -2.18. The van der Waals surface area contributed by atoms with Crippen LogP contribution in [0, 0.1) is 6.92 Å². The first-order valence-corrected chi connectivity index (χ1v) is 11.3. The van der Waals surface area contributed by atoms with Crippen molar-refractivity contribution in [1.82, 2.24) is 15.1 Å². The molecule has 3 aliphatic rings. The lowest BCUT2D eigenvalue weighted by Crippen LogP contribution is -2.28. The van der Waals surface area contributed by atoms with Gasteiger partial charge in [-0.2, -0.15) is 0 Å². The molecule has 8 heteroatoms. The van der Waals surface area contributed by atoms with Gasteiger partial charge in [0.15, 0.2) is 0 Å². The van der Waals surface area contributed by atoms with E-state index in [9.17, 15) is 24.0 Å². The fourth-order valence-electron chi connectivity index (χ4n) is 4.41. The molecule has 0 saturated heterocycles. The quantitative estimate of drug-likeness (QED) is 0.679. The van der Waals surface area contributed by atoms with Crippen LogP contribution in [0.3, 0.4) is 0 Å². The number of benzene rings is 2. The number of carbonyl (C=O) groups excluding carboxylic acids is 5. The predicted molar refractivity (Wildman–Crippen MR) is 131 cm³/mol. The zero-order valence-electron chi connectivity index (χ0n) is 19.6. The minimum Gasteiger partial charge on any atom is -0.355 e. The number of fused-ring (bicyclic) bond motifs is 2. The molecule has 5 rings (SSSR count). The van der Waals surface area contributed by atoms with Gasteiger partial charge in [-0.15, -0.1) is 0 Å². The standard InChI is InChI=1S/C28H21N3O5/c1-16-10-12-20-22(14-16)27(35)30(25(20)33)18-6-3-4-7-19(9-5-8-18)31-26(34)21-13-11-17(24(32)29-2)15-23(21)28(31)36/h3,5-15H,4H2,1-2H3,(H,29,32)/b6-3?,9-5-,18-8+,19-7+. The molecule has 0 aromatic heterocycles. The molecular weight excluding hydrogens is 458 g/mol. The van der Waals surface area contributed by atoms with Gasteiger partial charge in [0, 0.05) is 18.3 Å². The van der Waals surface area contributed by atoms with Crippen molar-refractivity contribution in [2.24, 2.45) is 0 Å². The summed E-state index contributed by atoms with van der Waals surface area (Å²) in [5.41, 5.74) is 2.98. The summed E-state index contributed by atoms with van der Waals surface area (Å²) in [7, 11) is 1.49. The maximum atomic E-state index is 13.1. The zero-order valence-corrected chi connectivity index (χ0v) is 19.6. The van der Waals surface area contributed by atoms with E-state index in [1.165, 1.54) is 25.2 Å². The van der Waals surface area contributed by atoms with E-state index in [0.717, 1.165) is 15.4 Å². The van der Waals surface area contributed by atoms with Crippen LogP contribution in [0.15, 0.2) is 84.2 Å². The maximum Gasteiger partial charge on any atom is 0.266 e. The van der Waals surface area contributed by atoms with Gasteiger partial charge in [-0.1, -0.05) is 29.9 Å². The van der Waals surface area contributed by atoms with Gasteiger partial charge in [0.1, 0.15) is 0 Å². The number of nitrogens with one attached hydrogen (secondary N) is 1. The van der Waals surface area contributed by atoms with Crippen molar-refractivity contribution in [3.8, 4) is 0 Å². The third-order valence-electron chi connectivity index (χ3n) is 6.22. The van der Waals surface area contributed by atoms with Crippen LogP contribution in [0.5, 0.6) is 0 Å². The van der Waals surface area contributed by atoms with Crippen molar-refractivity contribution >= 4 is 29.5 Å². The first-order valence-electron chi connectivity index (χ1n) is 11.3. The lowest BCUT2D eigenvalue weighted by atomic mass is 10.1. The lowest BCUT2D eigenvalue weighted by molar-refractivity contribution is 0.0693. The monoisotopic (exact) mass is 479 g/mol. The van der Waals surface area contributed by atoms with Gasteiger partial charge in [-0.3, -0.25) is 24.0 Å². The number of amides is 5. The molecule has 0 spiro atoms. The molecule has 1 N–H and O–H groups in total. The van der Waals surface area contributed by atoms with Crippen molar-refractivity contribution in [3.05, 3.63) is 118 Å². The third kappa shape index (κ3) is 3.60. The van der Waals surface area contributed by atoms with E-state index < -0.39 is 23.6 Å². The van der Waals surface area contributed by atoms with Crippen molar-refractivity contribution in [2.75, 3.05) is 7.05 Å². The molecule has 0 bridgehead atoms. The maximum absolute atomic E-state index is 13.1. The summed E-state index contributed by atoms with van der Waals surface area (Å²) in [4.78, 5) is 66.3. The number of carbonyl (C=O) groups is 5. The Bertz CT molecular complexity index is 1510. The lowest BCUT2D eigenvalue weighted by Gasteiger charge is -2.15. The molecule has 8 nitrogen and oxygen atoms in total. The number of hydrogen-bond donors (Lipinski definition) is 1. The highest BCUT2D eigenvalue weighted by Crippen LogP contribution is 2.30. The Hall–Kier alpha value is -4.85. The Labute approximate surface area is 206 Å². The van der Waals surface area contributed by atoms with Crippen molar-refractivity contribution < 1.29 is 24.0 Å². The minimum atomic E-state index is -0.528. The van der Waals surface area contributed by atoms with Gasteiger partial charge in [0.2, 0.25) is 0 Å². The van der Waals surface area contributed by atoms with Crippen LogP contribution < -0.4 is 5.32 Å². The van der Waals surface area contributed by atoms with E-state index in [2.05, 4.69) is 5.32 Å². The van der Waals surface area contributed by atoms with Crippen LogP contribution in [-0.4, -0.2) is 46.4 Å². The summed E-state index contributed by atoms with van der Waals surface area (Å²) in [6.07, 6.45) is 10.2. The Morgan fingerprint density at radius 2 is 1.39 bits per heavy atom. The second kappa shape index (κ2) is 8.74. The highest BCUT2D eigenvalue weighted by Gasteiger charge is 2.38. The van der Waals surface area contributed by atoms with Gasteiger partial charge in [-0.25, -0.2) is 9.80 Å². The SMILES string of the molecule is CNC(=O)c1ccc2c(c1)C(=O)N(C1=C/CC=C\C(N3C(=O)c4ccc(C)cc4C3=O)=C/C=C\1)C2=O. The second-order valence-corrected chi connectivity index (χ2v) is 8.50. The summed E-state index contributed by atoms with van der Waals surface area (Å²) < 4.78 is 0. The second-order valence-electron chi connectivity index (χ2n) is 8.50. The molecule has 0 fully saturated rings. The molecule has 2 heterocycles. The van der Waals surface area contributed by atoms with Crippen LogP contribution in [0.2, 0.25) is 0 Å². The van der Waals surface area contributed by atoms with Gasteiger partial charge in [0.05, 0.1) is 28.0 Å². The fourth-order valence-corrected chi connectivity index (χ4v) is 4.41. The van der Waals surface area contributed by atoms with Gasteiger partial charge in [-0.05, 0) is 61.9 Å². The largest absolute Gasteiger partial charge is 0.355 e. The van der Waals surface area contributed by atoms with E-state index in [-0.39, 0.29) is 22.6 Å². The Kier molecular flexibility index (Phi) is 5.56. The van der Waals surface area contributed by atoms with Crippen LogP contribution in [0.25, 0.3) is 0 Å². The molecule has 2 aromatic carbocycles. The number of rotatable bonds is 3. The van der Waals surface area contributed by atoms with Gasteiger partial charge in [0.25, 0.3) is 29.5 Å². The molecular formula is C28H21N3O5. The first kappa shape index (κ1) is 22.9. The molecule has 1 aliphatic carbocycles. The van der Waals surface area contributed by atoms with E-state index in [4.69, 9.17) is 0 Å². The van der Waals surface area contributed by atoms with Crippen LogP contribution in [0.4, 0.5) is 0 Å². The average molecular weight is 479 g/mol. The van der Waals surface area contributed by atoms with Gasteiger partial charge >= 0.3 is 0 Å². The molecule has 5 amide bonds. The number of allylic oxidation sites excluding steroid dienone is 6. The van der Waals surface area contributed by atoms with E-state index in [1.54, 1.807) is 54.7 Å². The molecule has 178 valence electrons. The highest BCUT2D eigenvalue weighted by atomic mass is 16.2. The summed E-state index contributed by atoms with van der Waals surface area (Å²) in [5, 5.41) is 2.50. The van der Waals surface area contributed by atoms with Crippen LogP contribution in [-0.2, 0) is 0 Å². The van der Waals surface area contributed by atoms with Crippen molar-refractivity contribution in [2.45, 2.75) is 13.3 Å². The molecule has 0 unspecified atom stereocenters. The number of nitrogens with zero attached hydrogens (tertiary/aromatic N) is 2. The Morgan fingerprint density at radius 1 is 0.778 bits per heavy atom. The Morgan fingerprint density at radius 3 is 2.08 bits per heavy atom. The molecule has 0 radical (unpaired) electrons. The van der Waals surface area contributed by atoms with Crippen LogP contribution in [0.1, 0.15) is 63.8 Å². The minimum absolute atomic E-state index is 0.156. The van der Waals surface area contributed by atoms with Crippen molar-refractivity contribution in [3.63, 3.8) is 0 Å². The smallest absolute Gasteiger partial charge is 0.266 e. The van der Waals surface area contributed by atoms with Crippen molar-refractivity contribution in [1.29, 1.82) is 0 Å². The highest BCUT2D eigenvalue weighted by molar-refractivity contribution is 6.24. The summed E-state index contributed by atoms with van der Waals surface area (Å²) in [6, 6.07) is 9.52. The van der Waals surface area contributed by atoms with E-state index in [1.807, 2.05) is 6.92 Å². The molecule has 2 aromatic rings.